The molecule has 18 heavy (non-hydrogen) atoms. The third-order valence-electron chi connectivity index (χ3n) is 3.15. The molecule has 1 fully saturated rings. The van der Waals surface area contributed by atoms with Gasteiger partial charge in [-0.15, -0.1) is 0 Å². The lowest BCUT2D eigenvalue weighted by molar-refractivity contribution is -0.138. The Balaban J connectivity index is 2.29. The number of hydrogen-bond donors (Lipinski definition) is 0. The molecule has 1 aliphatic rings. The zero-order chi connectivity index (χ0) is 13.2. The fourth-order valence-electron chi connectivity index (χ4n) is 2.17. The minimum Gasteiger partial charge on any atom is -0.378 e. The summed E-state index contributed by atoms with van der Waals surface area (Å²) in [6.45, 7) is 4.46. The lowest BCUT2D eigenvalue weighted by Crippen LogP contribution is -2.36. The Bertz CT molecular complexity index is 411. The highest BCUT2D eigenvalue weighted by molar-refractivity contribution is 5.52. The summed E-state index contributed by atoms with van der Waals surface area (Å²) >= 11 is 0. The number of anilines is 1. The molecule has 0 saturated carbocycles. The molecule has 1 saturated heterocycles. The number of benzene rings is 1. The van der Waals surface area contributed by atoms with Gasteiger partial charge in [0.25, 0.3) is 0 Å². The van der Waals surface area contributed by atoms with E-state index in [4.69, 9.17) is 4.74 Å². The third kappa shape index (κ3) is 2.77. The summed E-state index contributed by atoms with van der Waals surface area (Å²) in [6.07, 6.45) is -3.89. The molecule has 0 bridgehead atoms. The van der Waals surface area contributed by atoms with Crippen LogP contribution in [0, 0.1) is 0 Å². The van der Waals surface area contributed by atoms with E-state index < -0.39 is 11.7 Å². The number of alkyl halides is 3. The van der Waals surface area contributed by atoms with Crippen molar-refractivity contribution in [3.05, 3.63) is 29.3 Å². The number of rotatable bonds is 2. The van der Waals surface area contributed by atoms with Crippen molar-refractivity contribution in [1.29, 1.82) is 0 Å². The molecule has 0 unspecified atom stereocenters. The number of hydrogen-bond acceptors (Lipinski definition) is 2. The van der Waals surface area contributed by atoms with E-state index in [1.54, 1.807) is 19.1 Å². The Morgan fingerprint density at radius 2 is 1.89 bits per heavy atom. The van der Waals surface area contributed by atoms with E-state index in [9.17, 15) is 13.2 Å². The van der Waals surface area contributed by atoms with Crippen LogP contribution >= 0.6 is 0 Å². The number of aryl methyl sites for hydroxylation is 1. The standard InChI is InChI=1S/C13H16F3NO/c1-2-10-9-11(17-5-7-18-8-6-17)3-4-12(10)13(14,15)16/h3-4,9H,2,5-8H2,1H3. The molecule has 0 aliphatic carbocycles. The van der Waals surface area contributed by atoms with Crippen molar-refractivity contribution in [3.63, 3.8) is 0 Å². The molecule has 1 aliphatic heterocycles. The zero-order valence-corrected chi connectivity index (χ0v) is 10.3. The van der Waals surface area contributed by atoms with Gasteiger partial charge >= 0.3 is 6.18 Å². The molecular weight excluding hydrogens is 243 g/mol. The van der Waals surface area contributed by atoms with Crippen LogP contribution in [0.5, 0.6) is 0 Å². The highest BCUT2D eigenvalue weighted by Gasteiger charge is 2.33. The molecular formula is C13H16F3NO. The second kappa shape index (κ2) is 5.18. The van der Waals surface area contributed by atoms with Crippen molar-refractivity contribution in [3.8, 4) is 0 Å². The molecule has 5 heteroatoms. The predicted octanol–water partition coefficient (Wildman–Crippen LogP) is 3.10. The number of nitrogens with zero attached hydrogens (tertiary/aromatic N) is 1. The summed E-state index contributed by atoms with van der Waals surface area (Å²) in [7, 11) is 0. The summed E-state index contributed by atoms with van der Waals surface area (Å²) in [5.74, 6) is 0. The van der Waals surface area contributed by atoms with Gasteiger partial charge in [-0.2, -0.15) is 13.2 Å². The molecule has 2 nitrogen and oxygen atoms in total. The predicted molar refractivity (Wildman–Crippen MR) is 63.9 cm³/mol. The van der Waals surface area contributed by atoms with Crippen molar-refractivity contribution in [1.82, 2.24) is 0 Å². The van der Waals surface area contributed by atoms with Crippen molar-refractivity contribution in [2.45, 2.75) is 19.5 Å². The first kappa shape index (κ1) is 13.2. The highest BCUT2D eigenvalue weighted by Crippen LogP contribution is 2.34. The fourth-order valence-corrected chi connectivity index (χ4v) is 2.17. The van der Waals surface area contributed by atoms with Gasteiger partial charge < -0.3 is 9.64 Å². The second-order valence-electron chi connectivity index (χ2n) is 4.29. The van der Waals surface area contributed by atoms with E-state index in [0.29, 0.717) is 25.2 Å². The average molecular weight is 259 g/mol. The molecule has 2 rings (SSSR count). The van der Waals surface area contributed by atoms with Gasteiger partial charge in [0.1, 0.15) is 0 Å². The molecule has 0 spiro atoms. The van der Waals surface area contributed by atoms with Gasteiger partial charge in [0.15, 0.2) is 0 Å². The summed E-state index contributed by atoms with van der Waals surface area (Å²) in [5.41, 5.74) is 0.677. The first-order valence-corrected chi connectivity index (χ1v) is 6.05. The molecule has 0 aromatic heterocycles. The number of halogens is 3. The van der Waals surface area contributed by atoms with E-state index >= 15 is 0 Å². The second-order valence-corrected chi connectivity index (χ2v) is 4.29. The maximum Gasteiger partial charge on any atom is 0.416 e. The minimum absolute atomic E-state index is 0.353. The lowest BCUT2D eigenvalue weighted by Gasteiger charge is -2.29. The first-order chi connectivity index (χ1) is 8.52. The van der Waals surface area contributed by atoms with Crippen LogP contribution in [0.15, 0.2) is 18.2 Å². The van der Waals surface area contributed by atoms with E-state index in [0.717, 1.165) is 18.8 Å². The molecule has 1 aromatic rings. The van der Waals surface area contributed by atoms with Gasteiger partial charge in [-0.3, -0.25) is 0 Å². The van der Waals surface area contributed by atoms with Crippen molar-refractivity contribution in [2.24, 2.45) is 0 Å². The maximum atomic E-state index is 12.8. The van der Waals surface area contributed by atoms with Crippen LogP contribution in [0.1, 0.15) is 18.1 Å². The lowest BCUT2D eigenvalue weighted by atomic mass is 10.0. The molecule has 1 heterocycles. The van der Waals surface area contributed by atoms with Crippen LogP contribution in [0.4, 0.5) is 18.9 Å². The summed E-state index contributed by atoms with van der Waals surface area (Å²) < 4.78 is 43.6. The molecule has 1 aromatic carbocycles. The Hall–Kier alpha value is -1.23. The van der Waals surface area contributed by atoms with E-state index in [2.05, 4.69) is 4.90 Å². The van der Waals surface area contributed by atoms with Gasteiger partial charge in [0, 0.05) is 18.8 Å². The Labute approximate surface area is 104 Å². The monoisotopic (exact) mass is 259 g/mol. The van der Waals surface area contributed by atoms with Gasteiger partial charge in [0.05, 0.1) is 18.8 Å². The van der Waals surface area contributed by atoms with Crippen LogP contribution in [-0.2, 0) is 17.3 Å². The van der Waals surface area contributed by atoms with Gasteiger partial charge in [0.2, 0.25) is 0 Å². The quantitative estimate of drug-likeness (QED) is 0.809. The first-order valence-electron chi connectivity index (χ1n) is 6.05. The van der Waals surface area contributed by atoms with Crippen LogP contribution < -0.4 is 4.90 Å². The SMILES string of the molecule is CCc1cc(N2CCOCC2)ccc1C(F)(F)F. The molecule has 0 atom stereocenters. The number of morpholine rings is 1. The van der Waals surface area contributed by atoms with Gasteiger partial charge in [-0.25, -0.2) is 0 Å². The van der Waals surface area contributed by atoms with E-state index in [1.807, 2.05) is 0 Å². The maximum absolute atomic E-state index is 12.8. The average Bonchev–Trinajstić information content (AvgIpc) is 2.38. The van der Waals surface area contributed by atoms with Crippen LogP contribution in [0.25, 0.3) is 0 Å². The number of ether oxygens (including phenoxy) is 1. The van der Waals surface area contributed by atoms with E-state index in [1.165, 1.54) is 6.07 Å². The van der Waals surface area contributed by atoms with Crippen molar-refractivity contribution >= 4 is 5.69 Å². The molecule has 100 valence electrons. The van der Waals surface area contributed by atoms with Crippen molar-refractivity contribution in [2.75, 3.05) is 31.2 Å². The van der Waals surface area contributed by atoms with Crippen LogP contribution in [-0.4, -0.2) is 26.3 Å². The molecule has 0 radical (unpaired) electrons. The molecule has 0 amide bonds. The zero-order valence-electron chi connectivity index (χ0n) is 10.3. The third-order valence-corrected chi connectivity index (χ3v) is 3.15. The summed E-state index contributed by atoms with van der Waals surface area (Å²) in [4.78, 5) is 2.06. The normalized spacial score (nSPS) is 17.0. The Kier molecular flexibility index (Phi) is 3.80. The van der Waals surface area contributed by atoms with E-state index in [-0.39, 0.29) is 0 Å². The summed E-state index contributed by atoms with van der Waals surface area (Å²) in [6, 6.07) is 4.38. The minimum atomic E-state index is -4.27. The smallest absolute Gasteiger partial charge is 0.378 e. The van der Waals surface area contributed by atoms with Gasteiger partial charge in [-0.05, 0) is 30.2 Å². The van der Waals surface area contributed by atoms with Gasteiger partial charge in [-0.1, -0.05) is 6.92 Å². The fraction of sp³-hybridized carbons (Fsp3) is 0.538. The highest BCUT2D eigenvalue weighted by atomic mass is 19.4. The largest absolute Gasteiger partial charge is 0.416 e. The Morgan fingerprint density at radius 1 is 1.22 bits per heavy atom. The van der Waals surface area contributed by atoms with Crippen molar-refractivity contribution < 1.29 is 17.9 Å². The van der Waals surface area contributed by atoms with Crippen LogP contribution in [0.2, 0.25) is 0 Å². The summed E-state index contributed by atoms with van der Waals surface area (Å²) in [5, 5.41) is 0. The Morgan fingerprint density at radius 3 is 2.44 bits per heavy atom. The topological polar surface area (TPSA) is 12.5 Å². The van der Waals surface area contributed by atoms with Crippen LogP contribution in [0.3, 0.4) is 0 Å². The molecule has 0 N–H and O–H groups in total.